The molecule has 6 atom stereocenters. The molecule has 0 bridgehead atoms. The Morgan fingerprint density at radius 3 is 1.50 bits per heavy atom. The monoisotopic (exact) mass is 775 g/mol. The van der Waals surface area contributed by atoms with Crippen LogP contribution in [0.3, 0.4) is 0 Å². The van der Waals surface area contributed by atoms with Crippen LogP contribution in [-0.4, -0.2) is 74.3 Å². The van der Waals surface area contributed by atoms with Crippen molar-refractivity contribution in [3.8, 4) is 0 Å². The zero-order valence-corrected chi connectivity index (χ0v) is 34.8. The van der Waals surface area contributed by atoms with Gasteiger partial charge in [-0.15, -0.1) is 0 Å². The maximum absolute atomic E-state index is 14.6. The number of hydrogen-bond donors (Lipinski definition) is 1. The predicted molar refractivity (Wildman–Crippen MR) is 195 cm³/mol. The van der Waals surface area contributed by atoms with Gasteiger partial charge in [0.25, 0.3) is 0 Å². The molecule has 13 nitrogen and oxygen atoms in total. The lowest BCUT2D eigenvalue weighted by Crippen LogP contribution is -2.66. The zero-order chi connectivity index (χ0) is 40.0. The Kier molecular flexibility index (Phi) is 15.6. The summed E-state index contributed by atoms with van der Waals surface area (Å²) in [4.78, 5) is 53.8. The molecule has 0 aromatic heterocycles. The highest BCUT2D eigenvalue weighted by molar-refractivity contribution is 7.54. The summed E-state index contributed by atoms with van der Waals surface area (Å²) in [6, 6.07) is 6.43. The van der Waals surface area contributed by atoms with Crippen molar-refractivity contribution in [3.63, 3.8) is 0 Å². The Bertz CT molecular complexity index is 1430. The molecule has 1 heterocycles. The first-order valence-electron chi connectivity index (χ1n) is 17.5. The van der Waals surface area contributed by atoms with Crippen LogP contribution in [-0.2, 0) is 56.5 Å². The minimum absolute atomic E-state index is 0.0129. The van der Waals surface area contributed by atoms with Crippen LogP contribution in [0, 0.1) is 21.7 Å². The molecule has 296 valence electrons. The van der Waals surface area contributed by atoms with E-state index in [9.17, 15) is 23.7 Å². The van der Waals surface area contributed by atoms with Crippen molar-refractivity contribution < 1.29 is 56.5 Å². The Morgan fingerprint density at radius 2 is 1.10 bits per heavy atom. The van der Waals surface area contributed by atoms with E-state index in [1.807, 2.05) is 0 Å². The quantitative estimate of drug-likeness (QED) is 0.120. The van der Waals surface area contributed by atoms with Gasteiger partial charge in [-0.05, 0) is 115 Å². The number of nitrogens with one attached hydrogen (secondary N) is 1. The highest BCUT2D eigenvalue weighted by Crippen LogP contribution is 2.60. The lowest BCUT2D eigenvalue weighted by Gasteiger charge is -2.47. The number of esters is 4. The summed E-state index contributed by atoms with van der Waals surface area (Å²) in [5, 5.41) is 3.59. The molecule has 2 rings (SSSR count). The van der Waals surface area contributed by atoms with E-state index in [4.69, 9.17) is 44.3 Å². The fourth-order valence-electron chi connectivity index (χ4n) is 4.58. The van der Waals surface area contributed by atoms with E-state index >= 15 is 0 Å². The highest BCUT2D eigenvalue weighted by Gasteiger charge is 2.56. The lowest BCUT2D eigenvalue weighted by atomic mass is 9.92. The first-order valence-corrected chi connectivity index (χ1v) is 19.5. The second-order valence-electron chi connectivity index (χ2n) is 16.8. The van der Waals surface area contributed by atoms with Gasteiger partial charge in [-0.1, -0.05) is 23.7 Å². The van der Waals surface area contributed by atoms with E-state index in [1.54, 1.807) is 121 Å². The molecule has 1 saturated heterocycles. The zero-order valence-electron chi connectivity index (χ0n) is 33.1. The van der Waals surface area contributed by atoms with E-state index in [0.717, 1.165) is 0 Å². The number of rotatable bonds is 13. The summed E-state index contributed by atoms with van der Waals surface area (Å²) in [6.07, 6.45) is -7.21. The number of ether oxygens (including phenoxy) is 5. The van der Waals surface area contributed by atoms with Crippen molar-refractivity contribution in [1.82, 2.24) is 5.32 Å². The summed E-state index contributed by atoms with van der Waals surface area (Å²) >= 11 is 6.21. The van der Waals surface area contributed by atoms with Gasteiger partial charge in [0.2, 0.25) is 0 Å². The largest absolute Gasteiger partial charge is 0.462 e. The minimum Gasteiger partial charge on any atom is -0.462 e. The molecule has 1 fully saturated rings. The molecule has 1 aliphatic rings. The van der Waals surface area contributed by atoms with Crippen LogP contribution >= 0.6 is 19.2 Å². The Morgan fingerprint density at radius 1 is 0.692 bits per heavy atom. The van der Waals surface area contributed by atoms with Gasteiger partial charge in [0, 0.05) is 5.02 Å². The fraction of sp³-hybridized carbons (Fsp3) is 0.730. The normalized spacial score (nSPS) is 22.2. The summed E-state index contributed by atoms with van der Waals surface area (Å²) in [5.74, 6) is -3.93. The molecular formula is C37H59ClNO12P. The molecule has 0 amide bonds. The van der Waals surface area contributed by atoms with Crippen LogP contribution in [0.5, 0.6) is 0 Å². The molecule has 1 aromatic carbocycles. The van der Waals surface area contributed by atoms with E-state index in [-0.39, 0.29) is 13.2 Å². The SMILES string of the molecule is CCOP(=O)(OCC)C(N[C@@H]1O[C@H](COC(=O)C(C)(C)C)[C@H](OC(=O)C(C)(C)C)[C@H](OC(=O)C(C)(C)C)[C@H]1OC(=O)C(C)(C)C)c1ccc(Cl)cc1. The summed E-state index contributed by atoms with van der Waals surface area (Å²) < 4.78 is 56.6. The third kappa shape index (κ3) is 12.5. The van der Waals surface area contributed by atoms with Crippen LogP contribution in [0.1, 0.15) is 108 Å². The van der Waals surface area contributed by atoms with E-state index in [2.05, 4.69) is 5.32 Å². The first-order chi connectivity index (χ1) is 23.7. The van der Waals surface area contributed by atoms with Crippen LogP contribution in [0.4, 0.5) is 0 Å². The Hall–Kier alpha value is -2.54. The van der Waals surface area contributed by atoms with Crippen molar-refractivity contribution in [2.75, 3.05) is 19.8 Å². The maximum atomic E-state index is 14.6. The molecule has 15 heteroatoms. The number of halogens is 1. The van der Waals surface area contributed by atoms with Gasteiger partial charge >= 0.3 is 31.5 Å². The lowest BCUT2D eigenvalue weighted by molar-refractivity contribution is -0.265. The molecule has 0 radical (unpaired) electrons. The summed E-state index contributed by atoms with van der Waals surface area (Å²) in [7, 11) is -4.09. The molecule has 0 aliphatic carbocycles. The predicted octanol–water partition coefficient (Wildman–Crippen LogP) is 7.38. The molecule has 1 N–H and O–H groups in total. The number of carbonyl (C=O) groups is 4. The second kappa shape index (κ2) is 17.7. The summed E-state index contributed by atoms with van der Waals surface area (Å²) in [6.45, 7) is 22.6. The fourth-order valence-corrected chi connectivity index (χ4v) is 6.67. The maximum Gasteiger partial charge on any atom is 0.352 e. The van der Waals surface area contributed by atoms with Crippen molar-refractivity contribution in [2.45, 2.75) is 133 Å². The van der Waals surface area contributed by atoms with Crippen molar-refractivity contribution >= 4 is 43.1 Å². The van der Waals surface area contributed by atoms with Gasteiger partial charge in [-0.25, -0.2) is 0 Å². The van der Waals surface area contributed by atoms with Crippen LogP contribution in [0.25, 0.3) is 0 Å². The van der Waals surface area contributed by atoms with Crippen molar-refractivity contribution in [1.29, 1.82) is 0 Å². The molecule has 1 unspecified atom stereocenters. The number of carbonyl (C=O) groups excluding carboxylic acids is 4. The molecule has 0 saturated carbocycles. The van der Waals surface area contributed by atoms with E-state index < -0.39 is 96.2 Å². The third-order valence-electron chi connectivity index (χ3n) is 7.63. The molecular weight excluding hydrogens is 717 g/mol. The van der Waals surface area contributed by atoms with Gasteiger partial charge in [0.1, 0.15) is 18.5 Å². The topological polar surface area (TPSA) is 162 Å². The van der Waals surface area contributed by atoms with Gasteiger partial charge in [0.15, 0.2) is 24.5 Å². The highest BCUT2D eigenvalue weighted by atomic mass is 35.5. The van der Waals surface area contributed by atoms with E-state index in [1.165, 1.54) is 0 Å². The van der Waals surface area contributed by atoms with Crippen LogP contribution in [0.2, 0.25) is 5.02 Å². The second-order valence-corrected chi connectivity index (χ2v) is 19.3. The van der Waals surface area contributed by atoms with Gasteiger partial charge in [0.05, 0.1) is 34.9 Å². The Balaban J connectivity index is 2.93. The number of benzene rings is 1. The minimum atomic E-state index is -4.09. The van der Waals surface area contributed by atoms with Crippen LogP contribution < -0.4 is 5.32 Å². The molecule has 0 spiro atoms. The van der Waals surface area contributed by atoms with Crippen LogP contribution in [0.15, 0.2) is 24.3 Å². The average molecular weight is 776 g/mol. The van der Waals surface area contributed by atoms with E-state index in [0.29, 0.717) is 10.6 Å². The van der Waals surface area contributed by atoms with Crippen molar-refractivity contribution in [3.05, 3.63) is 34.9 Å². The third-order valence-corrected chi connectivity index (χ3v) is 10.2. The smallest absolute Gasteiger partial charge is 0.352 e. The number of hydrogen-bond acceptors (Lipinski definition) is 13. The van der Waals surface area contributed by atoms with Gasteiger partial charge in [-0.2, -0.15) is 0 Å². The van der Waals surface area contributed by atoms with Gasteiger partial charge in [-0.3, -0.25) is 29.1 Å². The first kappa shape index (κ1) is 45.6. The Labute approximate surface area is 313 Å². The molecule has 1 aliphatic heterocycles. The van der Waals surface area contributed by atoms with Crippen molar-refractivity contribution in [2.24, 2.45) is 21.7 Å². The molecule has 1 aromatic rings. The summed E-state index contributed by atoms with van der Waals surface area (Å²) in [5.41, 5.74) is -3.63. The van der Waals surface area contributed by atoms with Gasteiger partial charge < -0.3 is 32.7 Å². The molecule has 52 heavy (non-hydrogen) atoms. The average Bonchev–Trinajstić information content (AvgIpc) is 2.99. The standard InChI is InChI=1S/C37H59ClNO12P/c1-15-46-52(44,47-16-2)29(22-17-19-23(38)20-18-22)39-28-27(51-33(43)37(12,13)14)26(50-32(42)36(9,10)11)25(49-31(41)35(6,7)8)24(48-28)21-45-30(40)34(3,4)5/h17-20,24-29,39H,15-16,21H2,1-14H3/t24-,25+,26+,27-,28-,29?/m1/s1.